The molecule has 0 atom stereocenters. The summed E-state index contributed by atoms with van der Waals surface area (Å²) in [5.41, 5.74) is 2.05. The van der Waals surface area contributed by atoms with Crippen molar-refractivity contribution in [2.75, 3.05) is 18.5 Å². The Balaban J connectivity index is 1.63. The topological polar surface area (TPSA) is 90.6 Å². The first-order chi connectivity index (χ1) is 14.3. The molecule has 1 N–H and O–H groups in total. The van der Waals surface area contributed by atoms with Crippen LogP contribution in [0.4, 0.5) is 5.82 Å². The van der Waals surface area contributed by atoms with Crippen molar-refractivity contribution in [2.45, 2.75) is 65.9 Å². The zero-order valence-electron chi connectivity index (χ0n) is 18.5. The van der Waals surface area contributed by atoms with Crippen molar-refractivity contribution in [3.05, 3.63) is 24.0 Å². The average molecular weight is 414 g/mol. The number of nitrogens with zero attached hydrogens (tertiary/aromatic N) is 4. The highest BCUT2D eigenvalue weighted by Crippen LogP contribution is 2.25. The van der Waals surface area contributed by atoms with Crippen molar-refractivity contribution in [1.29, 1.82) is 0 Å². The highest BCUT2D eigenvalue weighted by atomic mass is 16.6. The van der Waals surface area contributed by atoms with E-state index in [1.54, 1.807) is 0 Å². The van der Waals surface area contributed by atoms with E-state index in [2.05, 4.69) is 15.5 Å². The van der Waals surface area contributed by atoms with Crippen molar-refractivity contribution in [2.24, 2.45) is 0 Å². The van der Waals surface area contributed by atoms with Gasteiger partial charge in [-0.15, -0.1) is 10.2 Å². The summed E-state index contributed by atoms with van der Waals surface area (Å²) < 4.78 is 13.0. The van der Waals surface area contributed by atoms with Gasteiger partial charge in [-0.05, 0) is 59.6 Å². The predicted molar refractivity (Wildman–Crippen MR) is 117 cm³/mol. The average Bonchev–Trinajstić information content (AvgIpc) is 3.05. The standard InChI is InChI=1S/C22H31N5O3/c1-6-29-16-11-12-18-17(14-16)24-20(21-26-25-15(2)27(18)21)23-13-9-7-8-10-19(28)30-22(3,4)5/h11-12,14H,6-10,13H2,1-5H3,(H,23,24). The predicted octanol–water partition coefficient (Wildman–Crippen LogP) is 4.30. The van der Waals surface area contributed by atoms with E-state index in [4.69, 9.17) is 14.5 Å². The fraction of sp³-hybridized carbons (Fsp3) is 0.545. The van der Waals surface area contributed by atoms with Gasteiger partial charge in [0.05, 0.1) is 17.6 Å². The van der Waals surface area contributed by atoms with E-state index in [0.29, 0.717) is 24.5 Å². The third kappa shape index (κ3) is 5.37. The number of hydrogen-bond donors (Lipinski definition) is 1. The van der Waals surface area contributed by atoms with Crippen molar-refractivity contribution in [1.82, 2.24) is 19.6 Å². The van der Waals surface area contributed by atoms with Gasteiger partial charge < -0.3 is 14.8 Å². The zero-order chi connectivity index (χ0) is 21.7. The summed E-state index contributed by atoms with van der Waals surface area (Å²) in [6.07, 6.45) is 3.09. The molecule has 0 aliphatic heterocycles. The van der Waals surface area contributed by atoms with E-state index in [0.717, 1.165) is 48.4 Å². The first-order valence-electron chi connectivity index (χ1n) is 10.5. The van der Waals surface area contributed by atoms with Crippen LogP contribution >= 0.6 is 0 Å². The lowest BCUT2D eigenvalue weighted by Crippen LogP contribution is -2.23. The van der Waals surface area contributed by atoms with Crippen molar-refractivity contribution < 1.29 is 14.3 Å². The van der Waals surface area contributed by atoms with Crippen LogP contribution in [0.15, 0.2) is 18.2 Å². The third-order valence-corrected chi connectivity index (χ3v) is 4.54. The largest absolute Gasteiger partial charge is 0.494 e. The number of unbranched alkanes of at least 4 members (excludes halogenated alkanes) is 2. The SMILES string of the molecule is CCOc1ccc2c(c1)nc(NCCCCCC(=O)OC(C)(C)C)c1nnc(C)n12. The maximum atomic E-state index is 11.8. The van der Waals surface area contributed by atoms with Gasteiger partial charge in [-0.25, -0.2) is 4.98 Å². The molecule has 0 saturated carbocycles. The Hall–Kier alpha value is -2.90. The molecule has 0 spiro atoms. The number of carbonyl (C=O) groups is 1. The van der Waals surface area contributed by atoms with Gasteiger partial charge in [0.15, 0.2) is 5.82 Å². The number of hydrogen-bond acceptors (Lipinski definition) is 7. The number of ether oxygens (including phenoxy) is 2. The molecule has 3 aromatic rings. The first-order valence-corrected chi connectivity index (χ1v) is 10.5. The number of rotatable bonds is 9. The number of fused-ring (bicyclic) bond motifs is 3. The molecule has 0 aliphatic rings. The van der Waals surface area contributed by atoms with Crippen LogP contribution < -0.4 is 10.1 Å². The minimum atomic E-state index is -0.426. The number of esters is 1. The summed E-state index contributed by atoms with van der Waals surface area (Å²) in [4.78, 5) is 16.5. The quantitative estimate of drug-likeness (QED) is 0.413. The van der Waals surface area contributed by atoms with Crippen LogP contribution in [0, 0.1) is 6.92 Å². The molecule has 2 heterocycles. The van der Waals surface area contributed by atoms with Crippen LogP contribution in [-0.2, 0) is 9.53 Å². The van der Waals surface area contributed by atoms with Crippen LogP contribution in [0.25, 0.3) is 16.7 Å². The minimum Gasteiger partial charge on any atom is -0.494 e. The van der Waals surface area contributed by atoms with Crippen LogP contribution in [-0.4, -0.2) is 44.3 Å². The Kier molecular flexibility index (Phi) is 6.74. The number of carbonyl (C=O) groups excluding carboxylic acids is 1. The highest BCUT2D eigenvalue weighted by Gasteiger charge is 2.16. The summed E-state index contributed by atoms with van der Waals surface area (Å²) in [7, 11) is 0. The van der Waals surface area contributed by atoms with Crippen LogP contribution in [0.2, 0.25) is 0 Å². The Bertz CT molecular complexity index is 1020. The van der Waals surface area contributed by atoms with E-state index < -0.39 is 5.60 Å². The summed E-state index contributed by atoms with van der Waals surface area (Å²) >= 11 is 0. The number of aryl methyl sites for hydroxylation is 1. The van der Waals surface area contributed by atoms with Crippen LogP contribution in [0.5, 0.6) is 5.75 Å². The second-order valence-corrected chi connectivity index (χ2v) is 8.27. The van der Waals surface area contributed by atoms with Gasteiger partial charge in [-0.1, -0.05) is 6.42 Å². The lowest BCUT2D eigenvalue weighted by molar-refractivity contribution is -0.154. The molecule has 1 aromatic carbocycles. The number of anilines is 1. The van der Waals surface area contributed by atoms with Gasteiger partial charge >= 0.3 is 5.97 Å². The summed E-state index contributed by atoms with van der Waals surface area (Å²) in [6.45, 7) is 10.9. The molecule has 3 rings (SSSR count). The van der Waals surface area contributed by atoms with Gasteiger partial charge in [-0.2, -0.15) is 0 Å². The summed E-state index contributed by atoms with van der Waals surface area (Å²) in [6, 6.07) is 5.85. The molecular formula is C22H31N5O3. The second kappa shape index (κ2) is 9.28. The number of nitrogens with one attached hydrogen (secondary N) is 1. The van der Waals surface area contributed by atoms with Crippen molar-refractivity contribution in [3.8, 4) is 5.75 Å². The minimum absolute atomic E-state index is 0.141. The molecule has 0 unspecified atom stereocenters. The molecule has 0 amide bonds. The van der Waals surface area contributed by atoms with Gasteiger partial charge in [0.1, 0.15) is 17.2 Å². The maximum absolute atomic E-state index is 11.8. The molecule has 0 fully saturated rings. The molecule has 2 aromatic heterocycles. The molecule has 8 nitrogen and oxygen atoms in total. The Morgan fingerprint density at radius 3 is 2.70 bits per heavy atom. The van der Waals surface area contributed by atoms with Crippen LogP contribution in [0.1, 0.15) is 59.2 Å². The molecular weight excluding hydrogens is 382 g/mol. The van der Waals surface area contributed by atoms with E-state index in [9.17, 15) is 4.79 Å². The Morgan fingerprint density at radius 2 is 1.97 bits per heavy atom. The van der Waals surface area contributed by atoms with Gasteiger partial charge in [-0.3, -0.25) is 9.20 Å². The normalized spacial score (nSPS) is 11.8. The fourth-order valence-electron chi connectivity index (χ4n) is 3.30. The van der Waals surface area contributed by atoms with E-state index in [1.807, 2.05) is 57.2 Å². The van der Waals surface area contributed by atoms with Crippen LogP contribution in [0.3, 0.4) is 0 Å². The molecule has 162 valence electrons. The Morgan fingerprint density at radius 1 is 1.17 bits per heavy atom. The van der Waals surface area contributed by atoms with Gasteiger partial charge in [0, 0.05) is 19.0 Å². The lowest BCUT2D eigenvalue weighted by atomic mass is 10.1. The number of aromatic nitrogens is 4. The smallest absolute Gasteiger partial charge is 0.306 e. The molecule has 0 saturated heterocycles. The lowest BCUT2D eigenvalue weighted by Gasteiger charge is -2.19. The first kappa shape index (κ1) is 21.8. The zero-order valence-corrected chi connectivity index (χ0v) is 18.5. The summed E-state index contributed by atoms with van der Waals surface area (Å²) in [5, 5.41) is 11.9. The third-order valence-electron chi connectivity index (χ3n) is 4.54. The monoisotopic (exact) mass is 413 g/mol. The van der Waals surface area contributed by atoms with Crippen molar-refractivity contribution >= 4 is 28.5 Å². The Labute approximate surface area is 177 Å². The van der Waals surface area contributed by atoms with E-state index >= 15 is 0 Å². The molecule has 0 aliphatic carbocycles. The highest BCUT2D eigenvalue weighted by molar-refractivity contribution is 5.84. The van der Waals surface area contributed by atoms with E-state index in [1.165, 1.54) is 0 Å². The maximum Gasteiger partial charge on any atom is 0.306 e. The molecule has 0 bridgehead atoms. The van der Waals surface area contributed by atoms with Crippen molar-refractivity contribution in [3.63, 3.8) is 0 Å². The fourth-order valence-corrected chi connectivity index (χ4v) is 3.30. The summed E-state index contributed by atoms with van der Waals surface area (Å²) in [5.74, 6) is 2.15. The molecule has 8 heteroatoms. The van der Waals surface area contributed by atoms with Gasteiger partial charge in [0.2, 0.25) is 5.65 Å². The molecule has 0 radical (unpaired) electrons. The van der Waals surface area contributed by atoms with E-state index in [-0.39, 0.29) is 5.97 Å². The number of benzene rings is 1. The molecule has 30 heavy (non-hydrogen) atoms. The van der Waals surface area contributed by atoms with Gasteiger partial charge in [0.25, 0.3) is 0 Å². The second-order valence-electron chi connectivity index (χ2n) is 8.27.